The maximum absolute atomic E-state index is 2.49. The van der Waals surface area contributed by atoms with Gasteiger partial charge in [0.05, 0.1) is 0 Å². The SMILES string of the molecule is CCN(CC)CC[CH2][GeH3].[H-].[H-].[H-]. The molecule has 0 aliphatic carbocycles. The van der Waals surface area contributed by atoms with E-state index in [0.29, 0.717) is 0 Å². The van der Waals surface area contributed by atoms with Gasteiger partial charge in [0.15, 0.2) is 0 Å². The molecule has 0 radical (unpaired) electrons. The zero-order valence-corrected chi connectivity index (χ0v) is 11.2. The molecular formula is C7H22GeN-3. The van der Waals surface area contributed by atoms with Crippen LogP contribution in [0.4, 0.5) is 0 Å². The van der Waals surface area contributed by atoms with E-state index >= 15 is 0 Å². The molecule has 9 heavy (non-hydrogen) atoms. The summed E-state index contributed by atoms with van der Waals surface area (Å²) in [6.07, 6.45) is 1.43. The smallest absolute Gasteiger partial charge is 1.00 e. The Morgan fingerprint density at radius 3 is 2.22 bits per heavy atom. The van der Waals surface area contributed by atoms with Gasteiger partial charge in [0, 0.05) is 0 Å². The average Bonchev–Trinajstić information content (AvgIpc) is 1.91. The normalized spacial score (nSPS) is 11.0. The molecule has 62 valence electrons. The van der Waals surface area contributed by atoms with Gasteiger partial charge in [-0.2, -0.15) is 0 Å². The van der Waals surface area contributed by atoms with Crippen molar-refractivity contribution in [2.24, 2.45) is 0 Å². The fourth-order valence-corrected chi connectivity index (χ4v) is 1.59. The minimum absolute atomic E-state index is 0. The van der Waals surface area contributed by atoms with Crippen molar-refractivity contribution in [2.45, 2.75) is 25.5 Å². The molecule has 0 unspecified atom stereocenters. The zero-order valence-electron chi connectivity index (χ0n) is 9.98. The summed E-state index contributed by atoms with van der Waals surface area (Å²) < 4.78 is 0. The van der Waals surface area contributed by atoms with Crippen LogP contribution in [0, 0.1) is 0 Å². The molecule has 0 spiro atoms. The fourth-order valence-electron chi connectivity index (χ4n) is 0.922. The third kappa shape index (κ3) is 4.97. The summed E-state index contributed by atoms with van der Waals surface area (Å²) in [5.74, 6) is 0. The van der Waals surface area contributed by atoms with Crippen LogP contribution in [0.25, 0.3) is 0 Å². The predicted molar refractivity (Wildman–Crippen MR) is 50.5 cm³/mol. The summed E-state index contributed by atoms with van der Waals surface area (Å²) in [5, 5.41) is 1.50. The van der Waals surface area contributed by atoms with Crippen molar-refractivity contribution >= 4 is 16.5 Å². The minimum Gasteiger partial charge on any atom is -1.00 e. The quantitative estimate of drug-likeness (QED) is 0.584. The third-order valence-corrected chi connectivity index (χ3v) is 3.21. The van der Waals surface area contributed by atoms with E-state index in [1.807, 2.05) is 0 Å². The molecular weight excluding hydrogens is 171 g/mol. The Labute approximate surface area is 71.5 Å². The molecule has 0 atom stereocenters. The maximum atomic E-state index is 2.49. The van der Waals surface area contributed by atoms with E-state index < -0.39 is 0 Å². The number of nitrogens with zero attached hydrogens (tertiary/aromatic N) is 1. The van der Waals surface area contributed by atoms with Crippen molar-refractivity contribution in [2.75, 3.05) is 19.6 Å². The first-order valence-corrected chi connectivity index (χ1v) is 7.04. The summed E-state index contributed by atoms with van der Waals surface area (Å²) in [6, 6.07) is 0. The summed E-state index contributed by atoms with van der Waals surface area (Å²) in [6.45, 7) is 8.25. The van der Waals surface area contributed by atoms with E-state index in [-0.39, 0.29) is 4.28 Å². The number of hydrogen-bond donors (Lipinski definition) is 0. The molecule has 0 aromatic carbocycles. The fraction of sp³-hybridized carbons (Fsp3) is 1.00. The molecule has 0 amide bonds. The van der Waals surface area contributed by atoms with E-state index in [0.717, 1.165) is 16.5 Å². The topological polar surface area (TPSA) is 3.24 Å². The monoisotopic (exact) mass is 194 g/mol. The van der Waals surface area contributed by atoms with Crippen molar-refractivity contribution in [3.8, 4) is 0 Å². The Balaban J connectivity index is -0.000000107. The van der Waals surface area contributed by atoms with Crippen LogP contribution in [0.3, 0.4) is 0 Å². The second kappa shape index (κ2) is 6.62. The van der Waals surface area contributed by atoms with Gasteiger partial charge in [-0.05, 0) is 0 Å². The van der Waals surface area contributed by atoms with Gasteiger partial charge in [-0.15, -0.1) is 0 Å². The van der Waals surface area contributed by atoms with E-state index in [9.17, 15) is 0 Å². The molecule has 0 aliphatic rings. The van der Waals surface area contributed by atoms with E-state index in [2.05, 4.69) is 18.7 Å². The molecule has 0 saturated carbocycles. The molecule has 0 rings (SSSR count). The summed E-state index contributed by atoms with van der Waals surface area (Å²) >= 11 is 1.07. The van der Waals surface area contributed by atoms with Crippen molar-refractivity contribution in [3.63, 3.8) is 0 Å². The van der Waals surface area contributed by atoms with Gasteiger partial charge in [0.25, 0.3) is 0 Å². The Morgan fingerprint density at radius 1 is 1.33 bits per heavy atom. The van der Waals surface area contributed by atoms with E-state index in [1.165, 1.54) is 31.3 Å². The van der Waals surface area contributed by atoms with Gasteiger partial charge < -0.3 is 4.28 Å². The van der Waals surface area contributed by atoms with Gasteiger partial charge in [-0.1, -0.05) is 0 Å². The first-order valence-electron chi connectivity index (χ1n) is 4.07. The van der Waals surface area contributed by atoms with Gasteiger partial charge >= 0.3 is 66.6 Å². The third-order valence-electron chi connectivity index (χ3n) is 1.72. The second-order valence-electron chi connectivity index (χ2n) is 2.38. The second-order valence-corrected chi connectivity index (χ2v) is 4.48. The van der Waals surface area contributed by atoms with Crippen LogP contribution in [0.1, 0.15) is 24.5 Å². The minimum atomic E-state index is 0. The summed E-state index contributed by atoms with van der Waals surface area (Å²) in [4.78, 5) is 2.49. The Morgan fingerprint density at radius 2 is 1.89 bits per heavy atom. The van der Waals surface area contributed by atoms with Crippen LogP contribution in [0.15, 0.2) is 0 Å². The predicted octanol–water partition coefficient (Wildman–Crippen LogP) is 0.839. The van der Waals surface area contributed by atoms with Crippen molar-refractivity contribution in [1.82, 2.24) is 4.90 Å². The Hall–Kier alpha value is 0.503. The van der Waals surface area contributed by atoms with Crippen LogP contribution in [-0.2, 0) is 0 Å². The molecule has 0 aliphatic heterocycles. The molecule has 0 heterocycles. The molecule has 0 aromatic heterocycles. The molecule has 0 N–H and O–H groups in total. The molecule has 0 bridgehead atoms. The Bertz CT molecular complexity index is 62.6. The molecule has 0 fully saturated rings. The number of rotatable bonds is 5. The first-order chi connectivity index (χ1) is 4.35. The van der Waals surface area contributed by atoms with Gasteiger partial charge in [-0.25, -0.2) is 0 Å². The largest absolute Gasteiger partial charge is 1.00 e. The van der Waals surface area contributed by atoms with Crippen molar-refractivity contribution < 1.29 is 4.28 Å². The van der Waals surface area contributed by atoms with Crippen molar-refractivity contribution in [3.05, 3.63) is 0 Å². The summed E-state index contributed by atoms with van der Waals surface area (Å²) in [5.41, 5.74) is 0. The molecule has 0 aromatic rings. The van der Waals surface area contributed by atoms with Crippen LogP contribution in [-0.4, -0.2) is 41.0 Å². The van der Waals surface area contributed by atoms with Crippen LogP contribution < -0.4 is 0 Å². The van der Waals surface area contributed by atoms with Gasteiger partial charge in [-0.3, -0.25) is 0 Å². The summed E-state index contributed by atoms with van der Waals surface area (Å²) in [7, 11) is 0. The van der Waals surface area contributed by atoms with Crippen molar-refractivity contribution in [1.29, 1.82) is 0 Å². The number of hydrogen-bond acceptors (Lipinski definition) is 1. The zero-order chi connectivity index (χ0) is 7.11. The van der Waals surface area contributed by atoms with Crippen LogP contribution in [0.5, 0.6) is 0 Å². The average molecular weight is 193 g/mol. The molecule has 1 nitrogen and oxygen atoms in total. The first kappa shape index (κ1) is 9.50. The van der Waals surface area contributed by atoms with Gasteiger partial charge in [0.2, 0.25) is 0 Å². The standard InChI is InChI=1S/C7H19GeN.3H/c1-3-9(4-2)7-5-6-8;;;/h3-7H2,1-2,8H3;;;/q;3*-1. The molecule has 0 saturated heterocycles. The Kier molecular flexibility index (Phi) is 6.99. The maximum Gasteiger partial charge on any atom is -1.00 e. The molecule has 2 heteroatoms. The van der Waals surface area contributed by atoms with Crippen LogP contribution >= 0.6 is 0 Å². The van der Waals surface area contributed by atoms with Crippen LogP contribution in [0.2, 0.25) is 5.25 Å². The van der Waals surface area contributed by atoms with Gasteiger partial charge in [0.1, 0.15) is 0 Å². The van der Waals surface area contributed by atoms with E-state index in [1.54, 1.807) is 0 Å². The van der Waals surface area contributed by atoms with E-state index in [4.69, 9.17) is 0 Å².